The van der Waals surface area contributed by atoms with E-state index in [1.807, 2.05) is 11.4 Å². The zero-order valence-electron chi connectivity index (χ0n) is 14.8. The maximum absolute atomic E-state index is 13.2. The fraction of sp³-hybridized carbons (Fsp3) is 0.158. The molecule has 2 N–H and O–H groups in total. The Labute approximate surface area is 164 Å². The highest BCUT2D eigenvalue weighted by molar-refractivity contribution is 7.09. The second-order valence-electron chi connectivity index (χ2n) is 6.03. The monoisotopic (exact) mass is 396 g/mol. The lowest BCUT2D eigenvalue weighted by atomic mass is 10.2. The van der Waals surface area contributed by atoms with Gasteiger partial charge < -0.3 is 10.6 Å². The highest BCUT2D eigenvalue weighted by Crippen LogP contribution is 2.20. The highest BCUT2D eigenvalue weighted by Gasteiger charge is 2.11. The van der Waals surface area contributed by atoms with Gasteiger partial charge in [-0.3, -0.25) is 4.79 Å². The number of anilines is 1. The lowest BCUT2D eigenvalue weighted by Crippen LogP contribution is -2.27. The molecule has 0 atom stereocenters. The first-order valence-corrected chi connectivity index (χ1v) is 9.55. The minimum absolute atomic E-state index is 0.285. The van der Waals surface area contributed by atoms with Crippen molar-refractivity contribution in [2.24, 2.45) is 0 Å². The Morgan fingerprint density at radius 1 is 1.21 bits per heavy atom. The van der Waals surface area contributed by atoms with Gasteiger partial charge in [0.25, 0.3) is 5.91 Å². The first-order chi connectivity index (χ1) is 13.7. The van der Waals surface area contributed by atoms with Crippen molar-refractivity contribution in [1.29, 1.82) is 0 Å². The number of hydrogen-bond donors (Lipinski definition) is 2. The van der Waals surface area contributed by atoms with Crippen LogP contribution in [-0.2, 0) is 13.1 Å². The fourth-order valence-electron chi connectivity index (χ4n) is 2.79. The number of thiophene rings is 1. The van der Waals surface area contributed by atoms with Crippen LogP contribution in [0.5, 0.6) is 0 Å². The molecular weight excluding hydrogens is 379 g/mol. The fourth-order valence-corrected chi connectivity index (χ4v) is 3.43. The average molecular weight is 396 g/mol. The summed E-state index contributed by atoms with van der Waals surface area (Å²) >= 11 is 1.68. The molecule has 142 valence electrons. The predicted octanol–water partition coefficient (Wildman–Crippen LogP) is 3.07. The predicted molar refractivity (Wildman–Crippen MR) is 106 cm³/mol. The van der Waals surface area contributed by atoms with Gasteiger partial charge in [-0.1, -0.05) is 12.1 Å². The summed E-state index contributed by atoms with van der Waals surface area (Å²) in [4.78, 5) is 21.9. The summed E-state index contributed by atoms with van der Waals surface area (Å²) in [5.41, 5.74) is 0.969. The molecule has 0 bridgehead atoms. The number of benzene rings is 1. The molecule has 0 radical (unpaired) electrons. The zero-order chi connectivity index (χ0) is 19.3. The number of carbonyl (C=O) groups is 1. The lowest BCUT2D eigenvalue weighted by Gasteiger charge is -2.07. The third kappa shape index (κ3) is 3.99. The summed E-state index contributed by atoms with van der Waals surface area (Å²) in [6.07, 6.45) is 3.20. The van der Waals surface area contributed by atoms with Crippen molar-refractivity contribution >= 4 is 34.1 Å². The van der Waals surface area contributed by atoms with Crippen LogP contribution < -0.4 is 10.6 Å². The maximum Gasteiger partial charge on any atom is 0.251 e. The Morgan fingerprint density at radius 3 is 2.96 bits per heavy atom. The van der Waals surface area contributed by atoms with Gasteiger partial charge in [0.1, 0.15) is 18.0 Å². The molecule has 7 nitrogen and oxygen atoms in total. The molecule has 0 saturated heterocycles. The van der Waals surface area contributed by atoms with Crippen molar-refractivity contribution < 1.29 is 9.18 Å². The van der Waals surface area contributed by atoms with Crippen molar-refractivity contribution in [1.82, 2.24) is 25.1 Å². The summed E-state index contributed by atoms with van der Waals surface area (Å²) in [6, 6.07) is 9.65. The Balaban J connectivity index is 1.40. The van der Waals surface area contributed by atoms with Crippen LogP contribution >= 0.6 is 11.3 Å². The zero-order valence-corrected chi connectivity index (χ0v) is 15.6. The molecule has 0 unspecified atom stereocenters. The SMILES string of the molecule is O=C(NCCn1ncc2c(NCc3cccs3)ncnc21)c1cccc(F)c1. The Hall–Kier alpha value is -3.33. The molecule has 0 spiro atoms. The van der Waals surface area contributed by atoms with E-state index in [9.17, 15) is 9.18 Å². The first kappa shape index (κ1) is 18.1. The summed E-state index contributed by atoms with van der Waals surface area (Å²) in [6.45, 7) is 1.46. The standard InChI is InChI=1S/C19H17FN6OS/c20-14-4-1-3-13(9-14)19(27)21-6-7-26-18-16(11-25-26)17(23-12-24-18)22-10-15-5-2-8-28-15/h1-5,8-9,11-12H,6-7,10H2,(H,21,27)(H,22,23,24). The van der Waals surface area contributed by atoms with Crippen LogP contribution in [0.1, 0.15) is 15.2 Å². The van der Waals surface area contributed by atoms with Gasteiger partial charge in [0.2, 0.25) is 0 Å². The molecule has 1 aromatic carbocycles. The van der Waals surface area contributed by atoms with Crippen LogP contribution in [0.2, 0.25) is 0 Å². The van der Waals surface area contributed by atoms with Crippen LogP contribution in [0.25, 0.3) is 11.0 Å². The number of nitrogens with one attached hydrogen (secondary N) is 2. The highest BCUT2D eigenvalue weighted by atomic mass is 32.1. The molecule has 3 heterocycles. The van der Waals surface area contributed by atoms with Crippen molar-refractivity contribution in [2.75, 3.05) is 11.9 Å². The van der Waals surface area contributed by atoms with E-state index in [-0.39, 0.29) is 11.5 Å². The minimum atomic E-state index is -0.440. The molecule has 0 fully saturated rings. The number of rotatable bonds is 7. The third-order valence-corrected chi connectivity index (χ3v) is 5.02. The first-order valence-electron chi connectivity index (χ1n) is 8.67. The molecule has 0 aliphatic heterocycles. The molecule has 1 amide bonds. The van der Waals surface area contributed by atoms with E-state index in [0.29, 0.717) is 31.1 Å². The number of carbonyl (C=O) groups excluding carboxylic acids is 1. The van der Waals surface area contributed by atoms with Crippen molar-refractivity contribution in [3.63, 3.8) is 0 Å². The van der Waals surface area contributed by atoms with E-state index in [1.54, 1.807) is 28.3 Å². The summed E-state index contributed by atoms with van der Waals surface area (Å²) < 4.78 is 14.9. The molecule has 0 aliphatic carbocycles. The van der Waals surface area contributed by atoms with E-state index in [4.69, 9.17) is 0 Å². The van der Waals surface area contributed by atoms with Crippen LogP contribution in [0.15, 0.2) is 54.3 Å². The molecule has 9 heteroatoms. The topological polar surface area (TPSA) is 84.7 Å². The van der Waals surface area contributed by atoms with E-state index in [0.717, 1.165) is 5.39 Å². The quantitative estimate of drug-likeness (QED) is 0.502. The third-order valence-electron chi connectivity index (χ3n) is 4.14. The van der Waals surface area contributed by atoms with Gasteiger partial charge in [-0.05, 0) is 29.6 Å². The Bertz CT molecular complexity index is 1090. The number of aromatic nitrogens is 4. The van der Waals surface area contributed by atoms with Crippen molar-refractivity contribution in [3.05, 3.63) is 70.6 Å². The number of nitrogens with zero attached hydrogens (tertiary/aromatic N) is 4. The molecule has 4 aromatic rings. The summed E-state index contributed by atoms with van der Waals surface area (Å²) in [5.74, 6) is -0.0534. The van der Waals surface area contributed by atoms with Crippen LogP contribution in [0, 0.1) is 5.82 Å². The van der Waals surface area contributed by atoms with Crippen molar-refractivity contribution in [3.8, 4) is 0 Å². The second kappa shape index (κ2) is 8.13. The van der Waals surface area contributed by atoms with Crippen LogP contribution in [-0.4, -0.2) is 32.2 Å². The molecule has 0 saturated carbocycles. The molecular formula is C19H17FN6OS. The van der Waals surface area contributed by atoms with Gasteiger partial charge in [0.05, 0.1) is 24.7 Å². The van der Waals surface area contributed by atoms with Gasteiger partial charge in [0, 0.05) is 17.0 Å². The van der Waals surface area contributed by atoms with Crippen molar-refractivity contribution in [2.45, 2.75) is 13.1 Å². The second-order valence-corrected chi connectivity index (χ2v) is 7.06. The Kier molecular flexibility index (Phi) is 5.24. The average Bonchev–Trinajstić information content (AvgIpc) is 3.36. The number of halogens is 1. The van der Waals surface area contributed by atoms with E-state index < -0.39 is 5.82 Å². The molecule has 3 aromatic heterocycles. The van der Waals surface area contributed by atoms with Gasteiger partial charge in [-0.2, -0.15) is 5.10 Å². The van der Waals surface area contributed by atoms with Gasteiger partial charge in [-0.25, -0.2) is 19.0 Å². The smallest absolute Gasteiger partial charge is 0.251 e. The van der Waals surface area contributed by atoms with E-state index in [2.05, 4.69) is 31.8 Å². The largest absolute Gasteiger partial charge is 0.364 e. The molecule has 0 aliphatic rings. The summed E-state index contributed by atoms with van der Waals surface area (Å²) in [5, 5.41) is 13.3. The van der Waals surface area contributed by atoms with Gasteiger partial charge >= 0.3 is 0 Å². The van der Waals surface area contributed by atoms with E-state index in [1.165, 1.54) is 29.4 Å². The maximum atomic E-state index is 13.2. The van der Waals surface area contributed by atoms with Crippen LogP contribution in [0.3, 0.4) is 0 Å². The lowest BCUT2D eigenvalue weighted by molar-refractivity contribution is 0.0951. The minimum Gasteiger partial charge on any atom is -0.364 e. The van der Waals surface area contributed by atoms with Gasteiger partial charge in [0.15, 0.2) is 5.65 Å². The summed E-state index contributed by atoms with van der Waals surface area (Å²) in [7, 11) is 0. The number of hydrogen-bond acceptors (Lipinski definition) is 6. The number of fused-ring (bicyclic) bond motifs is 1. The van der Waals surface area contributed by atoms with Gasteiger partial charge in [-0.15, -0.1) is 11.3 Å². The normalized spacial score (nSPS) is 10.9. The Morgan fingerprint density at radius 2 is 2.14 bits per heavy atom. The van der Waals surface area contributed by atoms with E-state index >= 15 is 0 Å². The molecule has 4 rings (SSSR count). The number of amides is 1. The molecule has 28 heavy (non-hydrogen) atoms. The van der Waals surface area contributed by atoms with Crippen LogP contribution in [0.4, 0.5) is 10.2 Å².